The van der Waals surface area contributed by atoms with Gasteiger partial charge in [-0.05, 0) is 37.5 Å². The fourth-order valence-electron chi connectivity index (χ4n) is 12.2. The van der Waals surface area contributed by atoms with Crippen molar-refractivity contribution in [3.63, 3.8) is 0 Å². The van der Waals surface area contributed by atoms with Gasteiger partial charge in [0.15, 0.2) is 12.2 Å². The monoisotopic (exact) mass is 1440 g/mol. The minimum absolute atomic E-state index is 0.104. The van der Waals surface area contributed by atoms with Gasteiger partial charge in [-0.2, -0.15) is 0 Å². The van der Waals surface area contributed by atoms with Gasteiger partial charge < -0.3 is 33.8 Å². The highest BCUT2D eigenvalue weighted by molar-refractivity contribution is 7.47. The third-order valence-electron chi connectivity index (χ3n) is 18.5. The average Bonchev–Trinajstić information content (AvgIpc) is 1.34. The fourth-order valence-corrected chi connectivity index (χ4v) is 13.8. The van der Waals surface area contributed by atoms with Crippen LogP contribution in [0.3, 0.4) is 0 Å². The van der Waals surface area contributed by atoms with Gasteiger partial charge in [-0.3, -0.25) is 37.3 Å². The second-order valence-electron chi connectivity index (χ2n) is 29.4. The van der Waals surface area contributed by atoms with E-state index in [4.69, 9.17) is 37.0 Å². The Bertz CT molecular complexity index is 1890. The molecule has 582 valence electrons. The molecule has 0 rings (SSSR count). The minimum atomic E-state index is -4.96. The summed E-state index contributed by atoms with van der Waals surface area (Å²) in [5.74, 6) is -0.588. The summed E-state index contributed by atoms with van der Waals surface area (Å²) in [6.07, 6.45) is 60.1. The van der Waals surface area contributed by atoms with Crippen molar-refractivity contribution >= 4 is 39.5 Å². The van der Waals surface area contributed by atoms with Gasteiger partial charge in [0.1, 0.15) is 19.3 Å². The van der Waals surface area contributed by atoms with Gasteiger partial charge in [0.2, 0.25) is 0 Å². The molecule has 0 amide bonds. The van der Waals surface area contributed by atoms with Crippen molar-refractivity contribution in [2.24, 2.45) is 11.8 Å². The minimum Gasteiger partial charge on any atom is -0.462 e. The molecule has 0 radical (unpaired) electrons. The van der Waals surface area contributed by atoms with Crippen LogP contribution in [0.4, 0.5) is 0 Å². The van der Waals surface area contributed by atoms with E-state index < -0.39 is 97.5 Å². The topological polar surface area (TPSA) is 237 Å². The number of esters is 4. The molecule has 5 atom stereocenters. The highest BCUT2D eigenvalue weighted by Crippen LogP contribution is 2.45. The molecule has 0 aromatic carbocycles. The summed E-state index contributed by atoms with van der Waals surface area (Å²) in [5, 5.41) is 10.6. The molecule has 0 saturated heterocycles. The molecule has 0 spiro atoms. The van der Waals surface area contributed by atoms with Crippen LogP contribution in [0.15, 0.2) is 0 Å². The van der Waals surface area contributed by atoms with Crippen molar-refractivity contribution in [1.82, 2.24) is 0 Å². The molecule has 0 saturated carbocycles. The highest BCUT2D eigenvalue weighted by atomic mass is 31.2. The number of phosphoric ester groups is 2. The maximum atomic E-state index is 13.1. The van der Waals surface area contributed by atoms with Crippen LogP contribution in [0.1, 0.15) is 414 Å². The van der Waals surface area contributed by atoms with Crippen LogP contribution >= 0.6 is 15.6 Å². The first kappa shape index (κ1) is 96.1. The third-order valence-corrected chi connectivity index (χ3v) is 20.4. The van der Waals surface area contributed by atoms with Crippen LogP contribution in [0.5, 0.6) is 0 Å². The van der Waals surface area contributed by atoms with Crippen LogP contribution in [-0.4, -0.2) is 96.7 Å². The number of phosphoric acid groups is 2. The summed E-state index contributed by atoms with van der Waals surface area (Å²) in [6.45, 7) is 9.56. The van der Waals surface area contributed by atoms with Gasteiger partial charge >= 0.3 is 39.5 Å². The van der Waals surface area contributed by atoms with Crippen LogP contribution in [0.25, 0.3) is 0 Å². The summed E-state index contributed by atoms with van der Waals surface area (Å²) < 4.78 is 68.5. The molecule has 0 bridgehead atoms. The van der Waals surface area contributed by atoms with Crippen LogP contribution in [0.2, 0.25) is 0 Å². The predicted molar refractivity (Wildman–Crippen MR) is 400 cm³/mol. The van der Waals surface area contributed by atoms with Crippen molar-refractivity contribution in [2.75, 3.05) is 39.6 Å². The van der Waals surface area contributed by atoms with Gasteiger partial charge in [-0.15, -0.1) is 0 Å². The fraction of sp³-hybridized carbons (Fsp3) is 0.949. The summed E-state index contributed by atoms with van der Waals surface area (Å²) >= 11 is 0. The Hall–Kier alpha value is -1.94. The summed E-state index contributed by atoms with van der Waals surface area (Å²) in [7, 11) is -9.91. The quantitative estimate of drug-likeness (QED) is 0.0222. The summed E-state index contributed by atoms with van der Waals surface area (Å²) in [5.41, 5.74) is 0. The number of hydrogen-bond donors (Lipinski definition) is 3. The molecule has 19 heteroatoms. The number of hydrogen-bond acceptors (Lipinski definition) is 15. The number of carbonyl (C=O) groups is 4. The molecule has 2 unspecified atom stereocenters. The zero-order valence-corrected chi connectivity index (χ0v) is 65.9. The molecule has 17 nitrogen and oxygen atoms in total. The lowest BCUT2D eigenvalue weighted by atomic mass is 10.0. The Kier molecular flexibility index (Phi) is 69.3. The van der Waals surface area contributed by atoms with E-state index in [0.717, 1.165) is 115 Å². The van der Waals surface area contributed by atoms with E-state index in [1.807, 2.05) is 0 Å². The van der Waals surface area contributed by atoms with E-state index in [-0.39, 0.29) is 25.7 Å². The molecule has 3 N–H and O–H groups in total. The van der Waals surface area contributed by atoms with Gasteiger partial charge in [-0.1, -0.05) is 363 Å². The Morgan fingerprint density at radius 3 is 0.694 bits per heavy atom. The number of unbranched alkanes of at least 4 members (excludes halogenated alkanes) is 48. The second kappa shape index (κ2) is 70.7. The second-order valence-corrected chi connectivity index (χ2v) is 32.3. The molecule has 0 aliphatic rings. The largest absolute Gasteiger partial charge is 0.472 e. The van der Waals surface area contributed by atoms with E-state index >= 15 is 0 Å². The smallest absolute Gasteiger partial charge is 0.462 e. The zero-order chi connectivity index (χ0) is 72.1. The first-order chi connectivity index (χ1) is 47.4. The van der Waals surface area contributed by atoms with Crippen molar-refractivity contribution in [1.29, 1.82) is 0 Å². The Morgan fingerprint density at radius 2 is 0.469 bits per heavy atom. The molecule has 98 heavy (non-hydrogen) atoms. The summed E-state index contributed by atoms with van der Waals surface area (Å²) in [4.78, 5) is 72.7. The van der Waals surface area contributed by atoms with Crippen LogP contribution in [-0.2, 0) is 65.4 Å². The Labute approximate surface area is 600 Å². The molecule has 0 heterocycles. The summed E-state index contributed by atoms with van der Waals surface area (Å²) in [6, 6.07) is 0. The van der Waals surface area contributed by atoms with E-state index in [1.54, 1.807) is 0 Å². The average molecular weight is 1440 g/mol. The Morgan fingerprint density at radius 1 is 0.276 bits per heavy atom. The van der Waals surface area contributed by atoms with Crippen molar-refractivity contribution in [3.8, 4) is 0 Å². The van der Waals surface area contributed by atoms with Gasteiger partial charge in [-0.25, -0.2) is 9.13 Å². The van der Waals surface area contributed by atoms with E-state index in [0.29, 0.717) is 25.7 Å². The first-order valence-electron chi connectivity index (χ1n) is 41.0. The molecule has 0 aromatic heterocycles. The van der Waals surface area contributed by atoms with Gasteiger partial charge in [0.05, 0.1) is 26.4 Å². The molecular formula is C79H154O17P2. The number of ether oxygens (including phenoxy) is 4. The third kappa shape index (κ3) is 72.4. The normalized spacial score (nSPS) is 13.9. The highest BCUT2D eigenvalue weighted by Gasteiger charge is 2.30. The lowest BCUT2D eigenvalue weighted by Gasteiger charge is -2.21. The molecule has 0 aliphatic heterocycles. The maximum absolute atomic E-state index is 13.1. The van der Waals surface area contributed by atoms with Gasteiger partial charge in [0, 0.05) is 25.7 Å². The Balaban J connectivity index is 5.15. The standard InChI is InChI=1S/C79H154O17P2/c1-7-9-11-13-15-16-17-18-19-20-21-22-23-24-29-32-35-38-45-51-57-63-78(83)95-75(68-90-77(82)62-56-50-44-37-34-31-28-26-25-27-30-33-36-42-47-53-59-71(3)4)70-94-98(87,88)92-66-73(80)65-91-97(85,86)93-69-74(67-89-76(81)61-55-49-41-14-12-10-8-2)96-79(84)64-58-52-46-40-39-43-48-54-60-72(5)6/h71-75,80H,7-70H2,1-6H3,(H,85,86)(H,87,88)/t73-,74+,75+/m0/s1. The van der Waals surface area contributed by atoms with E-state index in [1.165, 1.54) is 218 Å². The van der Waals surface area contributed by atoms with Crippen LogP contribution in [0, 0.1) is 11.8 Å². The first-order valence-corrected chi connectivity index (χ1v) is 44.0. The SMILES string of the molecule is CCCCCCCCCCCCCCCCCCCCCCCC(=O)O[C@H](COC(=O)CCCCCCCCCCCCCCCCCCC(C)C)COP(=O)(O)OC[C@@H](O)COP(=O)(O)OC[C@@H](COC(=O)CCCCCCCCC)OC(=O)CCCCCCCCCCC(C)C. The number of rotatable bonds is 78. The molecule has 0 aromatic rings. The van der Waals surface area contributed by atoms with Gasteiger partial charge in [0.25, 0.3) is 0 Å². The molecular weight excluding hydrogens is 1280 g/mol. The van der Waals surface area contributed by atoms with Crippen molar-refractivity contribution in [2.45, 2.75) is 432 Å². The maximum Gasteiger partial charge on any atom is 0.472 e. The van der Waals surface area contributed by atoms with E-state index in [2.05, 4.69) is 41.5 Å². The van der Waals surface area contributed by atoms with Crippen molar-refractivity contribution in [3.05, 3.63) is 0 Å². The lowest BCUT2D eigenvalue weighted by Crippen LogP contribution is -2.30. The molecule has 0 aliphatic carbocycles. The number of aliphatic hydroxyl groups excluding tert-OH is 1. The van der Waals surface area contributed by atoms with Crippen molar-refractivity contribution < 1.29 is 80.2 Å². The number of carbonyl (C=O) groups excluding carboxylic acids is 4. The van der Waals surface area contributed by atoms with E-state index in [9.17, 15) is 43.2 Å². The molecule has 0 fully saturated rings. The predicted octanol–water partition coefficient (Wildman–Crippen LogP) is 23.5. The van der Waals surface area contributed by atoms with Crippen LogP contribution < -0.4 is 0 Å². The zero-order valence-electron chi connectivity index (χ0n) is 64.1. The lowest BCUT2D eigenvalue weighted by molar-refractivity contribution is -0.161. The number of aliphatic hydroxyl groups is 1.